The van der Waals surface area contributed by atoms with Gasteiger partial charge in [-0.2, -0.15) is 5.26 Å². The van der Waals surface area contributed by atoms with Gasteiger partial charge in [0, 0.05) is 10.4 Å². The predicted molar refractivity (Wildman–Crippen MR) is 80.8 cm³/mol. The zero-order valence-corrected chi connectivity index (χ0v) is 12.1. The van der Waals surface area contributed by atoms with E-state index in [2.05, 4.69) is 34.1 Å². The number of nitrogens with zero attached hydrogens (tertiary/aromatic N) is 1. The second kappa shape index (κ2) is 6.51. The molecule has 1 atom stereocenters. The minimum Gasteiger partial charge on any atom is -0.330 e. The Labute approximate surface area is 122 Å². The first-order chi connectivity index (χ1) is 9.22. The fourth-order valence-corrected chi connectivity index (χ4v) is 2.34. The molecule has 1 unspecified atom stereocenters. The molecule has 0 fully saturated rings. The van der Waals surface area contributed by atoms with Gasteiger partial charge in [-0.15, -0.1) is 0 Å². The zero-order valence-electron chi connectivity index (χ0n) is 10.5. The average molecular weight is 315 g/mol. The number of hydrogen-bond donors (Lipinski definition) is 1. The standard InChI is InChI=1S/C16H15BrN2/c17-16-7-5-14(6-8-16)15(11-19)9-12-1-3-13(10-18)4-2-12/h1-8,15H,9,11,19H2. The number of halogens is 1. The smallest absolute Gasteiger partial charge is 0.0991 e. The van der Waals surface area contributed by atoms with Gasteiger partial charge < -0.3 is 5.73 Å². The van der Waals surface area contributed by atoms with E-state index in [0.29, 0.717) is 18.0 Å². The van der Waals surface area contributed by atoms with Crippen LogP contribution >= 0.6 is 15.9 Å². The summed E-state index contributed by atoms with van der Waals surface area (Å²) in [6, 6.07) is 18.1. The van der Waals surface area contributed by atoms with Gasteiger partial charge in [-0.05, 0) is 48.4 Å². The molecule has 3 heteroatoms. The molecule has 0 aliphatic carbocycles. The molecular formula is C16H15BrN2. The number of nitriles is 1. The highest BCUT2D eigenvalue weighted by Gasteiger charge is 2.10. The van der Waals surface area contributed by atoms with E-state index in [1.165, 1.54) is 11.1 Å². The van der Waals surface area contributed by atoms with Crippen LogP contribution in [0, 0.1) is 11.3 Å². The zero-order chi connectivity index (χ0) is 13.7. The van der Waals surface area contributed by atoms with Crippen LogP contribution in [0.2, 0.25) is 0 Å². The summed E-state index contributed by atoms with van der Waals surface area (Å²) in [7, 11) is 0. The van der Waals surface area contributed by atoms with Gasteiger partial charge in [-0.1, -0.05) is 40.2 Å². The molecule has 2 N–H and O–H groups in total. The van der Waals surface area contributed by atoms with Crippen LogP contribution in [0.1, 0.15) is 22.6 Å². The van der Waals surface area contributed by atoms with Crippen molar-refractivity contribution in [2.24, 2.45) is 5.73 Å². The quantitative estimate of drug-likeness (QED) is 0.937. The molecule has 2 aromatic rings. The summed E-state index contributed by atoms with van der Waals surface area (Å²) in [5.41, 5.74) is 9.03. The van der Waals surface area contributed by atoms with Gasteiger partial charge in [0.1, 0.15) is 0 Å². The summed E-state index contributed by atoms with van der Waals surface area (Å²) in [6.45, 7) is 0.613. The van der Waals surface area contributed by atoms with Crippen molar-refractivity contribution >= 4 is 15.9 Å². The predicted octanol–water partition coefficient (Wildman–Crippen LogP) is 3.61. The SMILES string of the molecule is N#Cc1ccc(CC(CN)c2ccc(Br)cc2)cc1. The Bertz CT molecular complexity index is 567. The highest BCUT2D eigenvalue weighted by atomic mass is 79.9. The Kier molecular flexibility index (Phi) is 4.73. The largest absolute Gasteiger partial charge is 0.330 e. The van der Waals surface area contributed by atoms with Gasteiger partial charge >= 0.3 is 0 Å². The Morgan fingerprint density at radius 3 is 2.21 bits per heavy atom. The number of rotatable bonds is 4. The fourth-order valence-electron chi connectivity index (χ4n) is 2.07. The van der Waals surface area contributed by atoms with Crippen LogP contribution in [-0.2, 0) is 6.42 Å². The molecular weight excluding hydrogens is 300 g/mol. The maximum absolute atomic E-state index is 8.79. The number of benzene rings is 2. The summed E-state index contributed by atoms with van der Waals surface area (Å²) in [5.74, 6) is 0.307. The van der Waals surface area contributed by atoms with Crippen molar-refractivity contribution in [2.75, 3.05) is 6.54 Å². The van der Waals surface area contributed by atoms with Crippen LogP contribution in [0.25, 0.3) is 0 Å². The van der Waals surface area contributed by atoms with Gasteiger partial charge in [0.15, 0.2) is 0 Å². The van der Waals surface area contributed by atoms with Crippen molar-refractivity contribution in [1.29, 1.82) is 5.26 Å². The average Bonchev–Trinajstić information content (AvgIpc) is 2.46. The molecule has 0 amide bonds. The molecule has 96 valence electrons. The van der Waals surface area contributed by atoms with E-state index >= 15 is 0 Å². The summed E-state index contributed by atoms with van der Waals surface area (Å²) >= 11 is 3.44. The van der Waals surface area contributed by atoms with Crippen LogP contribution in [-0.4, -0.2) is 6.54 Å². The highest BCUT2D eigenvalue weighted by Crippen LogP contribution is 2.22. The first-order valence-electron chi connectivity index (χ1n) is 6.17. The molecule has 0 saturated carbocycles. The Morgan fingerprint density at radius 1 is 1.05 bits per heavy atom. The minimum atomic E-state index is 0.307. The Hall–Kier alpha value is -1.63. The monoisotopic (exact) mass is 314 g/mol. The van der Waals surface area contributed by atoms with Crippen molar-refractivity contribution in [3.63, 3.8) is 0 Å². The molecule has 0 aromatic heterocycles. The first kappa shape index (κ1) is 13.8. The first-order valence-corrected chi connectivity index (χ1v) is 6.97. The third kappa shape index (κ3) is 3.66. The van der Waals surface area contributed by atoms with E-state index in [9.17, 15) is 0 Å². The highest BCUT2D eigenvalue weighted by molar-refractivity contribution is 9.10. The van der Waals surface area contributed by atoms with Crippen LogP contribution in [0.15, 0.2) is 53.0 Å². The molecule has 2 rings (SSSR count). The van der Waals surface area contributed by atoms with Crippen LogP contribution in [0.3, 0.4) is 0 Å². The van der Waals surface area contributed by atoms with Gasteiger partial charge in [-0.3, -0.25) is 0 Å². The Morgan fingerprint density at radius 2 is 1.68 bits per heavy atom. The Balaban J connectivity index is 2.14. The molecule has 0 bridgehead atoms. The maximum Gasteiger partial charge on any atom is 0.0991 e. The molecule has 0 spiro atoms. The fraction of sp³-hybridized carbons (Fsp3) is 0.188. The molecule has 2 aromatic carbocycles. The van der Waals surface area contributed by atoms with Crippen molar-refractivity contribution in [3.05, 3.63) is 69.7 Å². The molecule has 0 aliphatic rings. The van der Waals surface area contributed by atoms with Crippen LogP contribution in [0.4, 0.5) is 0 Å². The van der Waals surface area contributed by atoms with E-state index < -0.39 is 0 Å². The van der Waals surface area contributed by atoms with Crippen LogP contribution in [0.5, 0.6) is 0 Å². The lowest BCUT2D eigenvalue weighted by Crippen LogP contribution is -2.15. The normalized spacial score (nSPS) is 11.8. The number of hydrogen-bond acceptors (Lipinski definition) is 2. The van der Waals surface area contributed by atoms with Crippen molar-refractivity contribution in [1.82, 2.24) is 0 Å². The van der Waals surface area contributed by atoms with E-state index in [4.69, 9.17) is 11.0 Å². The van der Waals surface area contributed by atoms with Crippen molar-refractivity contribution in [3.8, 4) is 6.07 Å². The second-order valence-electron chi connectivity index (χ2n) is 4.50. The van der Waals surface area contributed by atoms with Crippen LogP contribution < -0.4 is 5.73 Å². The molecule has 19 heavy (non-hydrogen) atoms. The second-order valence-corrected chi connectivity index (χ2v) is 5.41. The minimum absolute atomic E-state index is 0.307. The summed E-state index contributed by atoms with van der Waals surface area (Å²) in [5, 5.41) is 8.79. The van der Waals surface area contributed by atoms with E-state index in [1.54, 1.807) is 0 Å². The third-order valence-electron chi connectivity index (χ3n) is 3.19. The van der Waals surface area contributed by atoms with E-state index in [-0.39, 0.29) is 0 Å². The third-order valence-corrected chi connectivity index (χ3v) is 3.72. The van der Waals surface area contributed by atoms with E-state index in [0.717, 1.165) is 10.9 Å². The van der Waals surface area contributed by atoms with E-state index in [1.807, 2.05) is 36.4 Å². The van der Waals surface area contributed by atoms with Gasteiger partial charge in [-0.25, -0.2) is 0 Å². The molecule has 0 saturated heterocycles. The lowest BCUT2D eigenvalue weighted by molar-refractivity contribution is 0.694. The van der Waals surface area contributed by atoms with Crippen molar-refractivity contribution < 1.29 is 0 Å². The maximum atomic E-state index is 8.79. The topological polar surface area (TPSA) is 49.8 Å². The molecule has 0 aliphatic heterocycles. The summed E-state index contributed by atoms with van der Waals surface area (Å²) in [4.78, 5) is 0. The van der Waals surface area contributed by atoms with Gasteiger partial charge in [0.05, 0.1) is 11.6 Å². The number of nitrogens with two attached hydrogens (primary N) is 1. The summed E-state index contributed by atoms with van der Waals surface area (Å²) in [6.07, 6.45) is 0.893. The lowest BCUT2D eigenvalue weighted by Gasteiger charge is -2.15. The van der Waals surface area contributed by atoms with Gasteiger partial charge in [0.2, 0.25) is 0 Å². The van der Waals surface area contributed by atoms with Crippen molar-refractivity contribution in [2.45, 2.75) is 12.3 Å². The summed E-state index contributed by atoms with van der Waals surface area (Å²) < 4.78 is 1.07. The van der Waals surface area contributed by atoms with Gasteiger partial charge in [0.25, 0.3) is 0 Å². The molecule has 2 nitrogen and oxygen atoms in total. The molecule has 0 heterocycles. The lowest BCUT2D eigenvalue weighted by atomic mass is 9.92. The molecule has 0 radical (unpaired) electrons.